The van der Waals surface area contributed by atoms with Crippen LogP contribution in [0, 0.1) is 0 Å². The van der Waals surface area contributed by atoms with Crippen molar-refractivity contribution in [3.63, 3.8) is 0 Å². The minimum atomic E-state index is -3.54. The van der Waals surface area contributed by atoms with Gasteiger partial charge in [0.1, 0.15) is 0 Å². The summed E-state index contributed by atoms with van der Waals surface area (Å²) in [6.45, 7) is 4.56. The van der Waals surface area contributed by atoms with E-state index in [1.165, 1.54) is 20.8 Å². The second-order valence-electron chi connectivity index (χ2n) is 2.86. The van der Waals surface area contributed by atoms with Crippen LogP contribution in [0.1, 0.15) is 20.8 Å². The first-order valence-corrected chi connectivity index (χ1v) is 4.43. The zero-order chi connectivity index (χ0) is 8.58. The fraction of sp³-hybridized carbons (Fsp3) is 1.00. The number of nitrogens with zero attached hydrogens (tertiary/aromatic N) is 1. The maximum absolute atomic E-state index is 11.0. The van der Waals surface area contributed by atoms with Crippen LogP contribution < -0.4 is 5.84 Å². The summed E-state index contributed by atoms with van der Waals surface area (Å²) in [6, 6.07) is 0. The molecule has 0 bridgehead atoms. The molecule has 10 heavy (non-hydrogen) atoms. The predicted molar refractivity (Wildman–Crippen MR) is 40.6 cm³/mol. The Balaban J connectivity index is 4.79. The van der Waals surface area contributed by atoms with E-state index in [9.17, 15) is 8.42 Å². The van der Waals surface area contributed by atoms with Crippen LogP contribution in [-0.4, -0.2) is 17.1 Å². The van der Waals surface area contributed by atoms with E-state index in [0.29, 0.717) is 0 Å². The minimum Gasteiger partial charge on any atom is -0.240 e. The van der Waals surface area contributed by atoms with Crippen molar-refractivity contribution in [1.82, 2.24) is 3.93 Å². The van der Waals surface area contributed by atoms with Crippen LogP contribution in [0.5, 0.6) is 0 Å². The fourth-order valence-corrected chi connectivity index (χ4v) is 1.41. The van der Waals surface area contributed by atoms with Crippen molar-refractivity contribution in [3.05, 3.63) is 0 Å². The van der Waals surface area contributed by atoms with Gasteiger partial charge in [0.15, 0.2) is 0 Å². The van der Waals surface area contributed by atoms with Crippen LogP contribution in [0.4, 0.5) is 0 Å². The molecule has 0 aromatic heterocycles. The number of nitrogens with two attached hydrogens (primary N) is 1. The molecule has 0 atom stereocenters. The van der Waals surface area contributed by atoms with Crippen LogP contribution in [0.3, 0.4) is 0 Å². The van der Waals surface area contributed by atoms with Gasteiger partial charge in [-0.3, -0.25) is 0 Å². The van der Waals surface area contributed by atoms with Crippen LogP contribution in [-0.2, 0) is 10.0 Å². The Morgan fingerprint density at radius 3 is 1.70 bits per heavy atom. The standard InChI is InChI=1S/C4H11ClN2O2S/c1-4(2,3)10(8,9)7(5)6/h6H2,1-3H3. The van der Waals surface area contributed by atoms with E-state index in [1.54, 1.807) is 0 Å². The summed E-state index contributed by atoms with van der Waals surface area (Å²) in [4.78, 5) is 0. The van der Waals surface area contributed by atoms with Gasteiger partial charge in [-0.05, 0) is 24.7 Å². The molecule has 0 amide bonds. The number of hydrogen-bond donors (Lipinski definition) is 1. The summed E-state index contributed by atoms with van der Waals surface area (Å²) in [5.41, 5.74) is 0. The van der Waals surface area contributed by atoms with E-state index in [1.807, 2.05) is 0 Å². The second kappa shape index (κ2) is 2.65. The molecule has 0 spiro atoms. The molecule has 0 aromatic carbocycles. The van der Waals surface area contributed by atoms with Crippen molar-refractivity contribution >= 4 is 21.8 Å². The molecule has 0 saturated carbocycles. The molecule has 6 heteroatoms. The predicted octanol–water partition coefficient (Wildman–Crippen LogP) is 0.444. The summed E-state index contributed by atoms with van der Waals surface area (Å²) in [6.07, 6.45) is 0. The summed E-state index contributed by atoms with van der Waals surface area (Å²) in [5.74, 6) is 4.87. The summed E-state index contributed by atoms with van der Waals surface area (Å²) < 4.78 is 21.3. The van der Waals surface area contributed by atoms with Crippen molar-refractivity contribution in [3.8, 4) is 0 Å². The van der Waals surface area contributed by atoms with Gasteiger partial charge in [-0.1, -0.05) is 0 Å². The first-order chi connectivity index (χ1) is 4.19. The number of hydrazine groups is 1. The van der Waals surface area contributed by atoms with Crippen LogP contribution in [0.15, 0.2) is 0 Å². The lowest BCUT2D eigenvalue weighted by atomic mass is 10.3. The van der Waals surface area contributed by atoms with E-state index < -0.39 is 14.8 Å². The molecule has 0 aliphatic heterocycles. The van der Waals surface area contributed by atoms with Gasteiger partial charge in [0, 0.05) is 11.8 Å². The molecule has 0 aromatic rings. The van der Waals surface area contributed by atoms with Gasteiger partial charge in [0.05, 0.1) is 4.75 Å². The Hall–Kier alpha value is 0.160. The lowest BCUT2D eigenvalue weighted by Crippen LogP contribution is -2.41. The van der Waals surface area contributed by atoms with Gasteiger partial charge in [-0.25, -0.2) is 14.3 Å². The van der Waals surface area contributed by atoms with E-state index in [2.05, 4.69) is 0 Å². The van der Waals surface area contributed by atoms with E-state index in [-0.39, 0.29) is 3.93 Å². The topological polar surface area (TPSA) is 63.4 Å². The second-order valence-corrected chi connectivity index (χ2v) is 5.99. The highest BCUT2D eigenvalue weighted by molar-refractivity contribution is 7.91. The first kappa shape index (κ1) is 10.2. The minimum absolute atomic E-state index is 0.215. The smallest absolute Gasteiger partial charge is 0.240 e. The highest BCUT2D eigenvalue weighted by atomic mass is 35.5. The lowest BCUT2D eigenvalue weighted by Gasteiger charge is -2.20. The summed E-state index contributed by atoms with van der Waals surface area (Å²) in [5, 5.41) is 0. The molecule has 4 nitrogen and oxygen atoms in total. The Morgan fingerprint density at radius 2 is 1.70 bits per heavy atom. The normalized spacial score (nSPS) is 14.2. The van der Waals surface area contributed by atoms with Crippen molar-refractivity contribution in [1.29, 1.82) is 0 Å². The maximum Gasteiger partial charge on any atom is 0.245 e. The average molecular weight is 187 g/mol. The molecule has 0 aliphatic carbocycles. The highest BCUT2D eigenvalue weighted by Gasteiger charge is 2.32. The Morgan fingerprint density at radius 1 is 1.40 bits per heavy atom. The largest absolute Gasteiger partial charge is 0.245 e. The maximum atomic E-state index is 11.0. The van der Waals surface area contributed by atoms with Gasteiger partial charge in [-0.2, -0.15) is 0 Å². The summed E-state index contributed by atoms with van der Waals surface area (Å²) >= 11 is 5.08. The molecule has 0 rings (SSSR count). The number of rotatable bonds is 1. The zero-order valence-corrected chi connectivity index (χ0v) is 7.70. The third-order valence-electron chi connectivity index (χ3n) is 1.00. The lowest BCUT2D eigenvalue weighted by molar-refractivity contribution is 0.509. The molecule has 0 radical (unpaired) electrons. The molecular weight excluding hydrogens is 176 g/mol. The molecule has 62 valence electrons. The van der Waals surface area contributed by atoms with Gasteiger partial charge in [0.25, 0.3) is 0 Å². The number of halogens is 1. The Labute approximate surface area is 66.1 Å². The molecule has 0 aliphatic rings. The number of hydrogen-bond acceptors (Lipinski definition) is 3. The number of sulfonamides is 1. The highest BCUT2D eigenvalue weighted by Crippen LogP contribution is 2.18. The first-order valence-electron chi connectivity index (χ1n) is 2.65. The van der Waals surface area contributed by atoms with Crippen LogP contribution in [0.2, 0.25) is 0 Å². The van der Waals surface area contributed by atoms with Gasteiger partial charge < -0.3 is 0 Å². The third-order valence-corrected chi connectivity index (χ3v) is 3.56. The quantitative estimate of drug-likeness (QED) is 0.367. The van der Waals surface area contributed by atoms with Crippen molar-refractivity contribution in [2.24, 2.45) is 5.84 Å². The molecule has 0 heterocycles. The molecular formula is C4H11ClN2O2S. The van der Waals surface area contributed by atoms with Crippen molar-refractivity contribution in [2.45, 2.75) is 25.5 Å². The zero-order valence-electron chi connectivity index (χ0n) is 6.13. The molecule has 2 N–H and O–H groups in total. The Bertz CT molecular complexity index is 204. The third kappa shape index (κ3) is 1.82. The SMILES string of the molecule is CC(C)(C)S(=O)(=O)N(N)Cl. The van der Waals surface area contributed by atoms with Crippen LogP contribution >= 0.6 is 11.8 Å². The monoisotopic (exact) mass is 186 g/mol. The van der Waals surface area contributed by atoms with Gasteiger partial charge in [-0.15, -0.1) is 0 Å². The average Bonchev–Trinajstić information content (AvgIpc) is 1.62. The fourth-order valence-electron chi connectivity index (χ4n) is 0.262. The molecule has 0 fully saturated rings. The van der Waals surface area contributed by atoms with Crippen molar-refractivity contribution in [2.75, 3.05) is 0 Å². The molecule has 0 unspecified atom stereocenters. The van der Waals surface area contributed by atoms with Gasteiger partial charge in [0.2, 0.25) is 10.0 Å². The molecule has 0 saturated heterocycles. The Kier molecular flexibility index (Phi) is 2.70. The van der Waals surface area contributed by atoms with E-state index in [4.69, 9.17) is 17.6 Å². The van der Waals surface area contributed by atoms with Crippen molar-refractivity contribution < 1.29 is 8.42 Å². The summed E-state index contributed by atoms with van der Waals surface area (Å²) in [7, 11) is -3.54. The van der Waals surface area contributed by atoms with Crippen LogP contribution in [0.25, 0.3) is 0 Å². The van der Waals surface area contributed by atoms with Gasteiger partial charge >= 0.3 is 0 Å². The van der Waals surface area contributed by atoms with E-state index in [0.717, 1.165) is 0 Å². The van der Waals surface area contributed by atoms with E-state index >= 15 is 0 Å².